The van der Waals surface area contributed by atoms with Gasteiger partial charge in [-0.15, -0.1) is 0 Å². The minimum Gasteiger partial charge on any atom is -0.484 e. The molecule has 2 amide bonds. The predicted molar refractivity (Wildman–Crippen MR) is 111 cm³/mol. The standard InChI is InChI=1S/C22H20ClF3N2O5/c23-16-6-5-15(7-17(16)24)32-9-19(30)28-22-10-21(11-22,12-22)27-18(29)8-31-13-1-3-14(4-2-13)33-20(25)26/h1-7,20H,8-12H2,(H,27,29)(H,28,30). The lowest BCUT2D eigenvalue weighted by molar-refractivity contribution is -0.151. The first-order chi connectivity index (χ1) is 15.7. The fraction of sp³-hybridized carbons (Fsp3) is 0.364. The Morgan fingerprint density at radius 2 is 1.36 bits per heavy atom. The van der Waals surface area contributed by atoms with E-state index >= 15 is 0 Å². The summed E-state index contributed by atoms with van der Waals surface area (Å²) in [5.41, 5.74) is -0.747. The van der Waals surface area contributed by atoms with Crippen LogP contribution in [0.5, 0.6) is 17.2 Å². The zero-order valence-corrected chi connectivity index (χ0v) is 18.0. The van der Waals surface area contributed by atoms with Gasteiger partial charge in [0.1, 0.15) is 23.1 Å². The summed E-state index contributed by atoms with van der Waals surface area (Å²) in [6.07, 6.45) is 1.77. The number of hydrogen-bond acceptors (Lipinski definition) is 5. The fourth-order valence-electron chi connectivity index (χ4n) is 4.30. The van der Waals surface area contributed by atoms with Crippen LogP contribution < -0.4 is 24.8 Å². The van der Waals surface area contributed by atoms with E-state index in [-0.39, 0.29) is 52.6 Å². The fourth-order valence-corrected chi connectivity index (χ4v) is 4.42. The van der Waals surface area contributed by atoms with Gasteiger partial charge in [0.15, 0.2) is 13.2 Å². The first-order valence-electron chi connectivity index (χ1n) is 10.0. The molecule has 0 spiro atoms. The first-order valence-corrected chi connectivity index (χ1v) is 10.4. The molecule has 2 N–H and O–H groups in total. The maximum atomic E-state index is 13.4. The van der Waals surface area contributed by atoms with Crippen LogP contribution in [-0.4, -0.2) is 42.7 Å². The van der Waals surface area contributed by atoms with Gasteiger partial charge in [0.25, 0.3) is 11.8 Å². The average Bonchev–Trinajstić information content (AvgIpc) is 2.71. The molecule has 33 heavy (non-hydrogen) atoms. The topological polar surface area (TPSA) is 85.9 Å². The SMILES string of the molecule is O=C(COc1ccc(OC(F)F)cc1)NC12CC(NC(=O)COc3ccc(Cl)c(F)c3)(C1)C2. The lowest BCUT2D eigenvalue weighted by Crippen LogP contribution is -2.84. The van der Waals surface area contributed by atoms with Gasteiger partial charge in [-0.2, -0.15) is 8.78 Å². The summed E-state index contributed by atoms with van der Waals surface area (Å²) in [5.74, 6) is -0.761. The van der Waals surface area contributed by atoms with Crippen LogP contribution in [0.2, 0.25) is 5.02 Å². The van der Waals surface area contributed by atoms with E-state index in [2.05, 4.69) is 15.4 Å². The Morgan fingerprint density at radius 3 is 1.88 bits per heavy atom. The maximum absolute atomic E-state index is 13.4. The lowest BCUT2D eigenvalue weighted by atomic mass is 9.44. The van der Waals surface area contributed by atoms with Gasteiger partial charge in [-0.05, 0) is 55.7 Å². The predicted octanol–water partition coefficient (Wildman–Crippen LogP) is 3.45. The molecule has 7 nitrogen and oxygen atoms in total. The third kappa shape index (κ3) is 5.44. The Morgan fingerprint density at radius 1 is 0.879 bits per heavy atom. The van der Waals surface area contributed by atoms with Gasteiger partial charge >= 0.3 is 6.61 Å². The van der Waals surface area contributed by atoms with E-state index in [1.165, 1.54) is 36.4 Å². The molecular weight excluding hydrogens is 465 g/mol. The van der Waals surface area contributed by atoms with Gasteiger partial charge in [-0.3, -0.25) is 9.59 Å². The second-order valence-electron chi connectivity index (χ2n) is 8.19. The van der Waals surface area contributed by atoms with Crippen molar-refractivity contribution in [2.24, 2.45) is 0 Å². The van der Waals surface area contributed by atoms with Crippen LogP contribution in [0, 0.1) is 5.82 Å². The third-order valence-corrected chi connectivity index (χ3v) is 5.83. The first kappa shape index (κ1) is 23.0. The van der Waals surface area contributed by atoms with Crippen molar-refractivity contribution in [1.82, 2.24) is 10.6 Å². The Bertz CT molecular complexity index is 1030. The third-order valence-electron chi connectivity index (χ3n) is 5.52. The van der Waals surface area contributed by atoms with Crippen molar-refractivity contribution >= 4 is 23.4 Å². The largest absolute Gasteiger partial charge is 0.484 e. The second kappa shape index (κ2) is 9.01. The molecule has 0 aromatic heterocycles. The number of amides is 2. The van der Waals surface area contributed by atoms with E-state index in [9.17, 15) is 22.8 Å². The normalized spacial score (nSPS) is 22.6. The quantitative estimate of drug-likeness (QED) is 0.539. The average molecular weight is 485 g/mol. The molecule has 3 aliphatic carbocycles. The van der Waals surface area contributed by atoms with Crippen molar-refractivity contribution in [1.29, 1.82) is 0 Å². The van der Waals surface area contributed by atoms with Crippen molar-refractivity contribution in [3.63, 3.8) is 0 Å². The summed E-state index contributed by atoms with van der Waals surface area (Å²) in [4.78, 5) is 24.3. The number of halogens is 4. The second-order valence-corrected chi connectivity index (χ2v) is 8.60. The number of carbonyl (C=O) groups is 2. The highest BCUT2D eigenvalue weighted by atomic mass is 35.5. The van der Waals surface area contributed by atoms with Crippen LogP contribution in [0.1, 0.15) is 19.3 Å². The zero-order chi connectivity index (χ0) is 23.6. The van der Waals surface area contributed by atoms with Gasteiger partial charge in [-0.1, -0.05) is 11.6 Å². The summed E-state index contributed by atoms with van der Waals surface area (Å²) in [5, 5.41) is 5.78. The molecule has 0 saturated heterocycles. The number of alkyl halides is 2. The van der Waals surface area contributed by atoms with Crippen LogP contribution >= 0.6 is 11.6 Å². The highest BCUT2D eigenvalue weighted by Crippen LogP contribution is 2.60. The maximum Gasteiger partial charge on any atom is 0.387 e. The number of rotatable bonds is 10. The molecule has 0 aliphatic heterocycles. The molecule has 2 bridgehead atoms. The number of ether oxygens (including phenoxy) is 3. The summed E-state index contributed by atoms with van der Waals surface area (Å²) < 4.78 is 52.6. The van der Waals surface area contributed by atoms with Crippen LogP contribution in [0.4, 0.5) is 13.2 Å². The summed E-state index contributed by atoms with van der Waals surface area (Å²) >= 11 is 5.61. The molecule has 0 heterocycles. The minimum absolute atomic E-state index is 0.00579. The summed E-state index contributed by atoms with van der Waals surface area (Å²) in [7, 11) is 0. The highest BCUT2D eigenvalue weighted by Gasteiger charge is 2.69. The summed E-state index contributed by atoms with van der Waals surface area (Å²) in [6.45, 7) is -3.41. The summed E-state index contributed by atoms with van der Waals surface area (Å²) in [6, 6.07) is 9.42. The lowest BCUT2D eigenvalue weighted by Gasteiger charge is -2.70. The molecular formula is C22H20ClF3N2O5. The van der Waals surface area contributed by atoms with Crippen molar-refractivity contribution in [2.45, 2.75) is 37.0 Å². The molecule has 176 valence electrons. The van der Waals surface area contributed by atoms with Gasteiger partial charge in [0.2, 0.25) is 0 Å². The molecule has 3 fully saturated rings. The van der Waals surface area contributed by atoms with Crippen LogP contribution in [0.3, 0.4) is 0 Å². The van der Waals surface area contributed by atoms with E-state index in [1.54, 1.807) is 0 Å². The van der Waals surface area contributed by atoms with Crippen LogP contribution in [0.25, 0.3) is 0 Å². The molecule has 0 radical (unpaired) electrons. The Kier molecular flexibility index (Phi) is 6.29. The van der Waals surface area contributed by atoms with E-state index in [0.29, 0.717) is 25.0 Å². The number of carbonyl (C=O) groups excluding carboxylic acids is 2. The molecule has 2 aromatic carbocycles. The Hall–Kier alpha value is -3.14. The van der Waals surface area contributed by atoms with Crippen molar-refractivity contribution in [3.05, 3.63) is 53.3 Å². The van der Waals surface area contributed by atoms with Crippen LogP contribution in [-0.2, 0) is 9.59 Å². The van der Waals surface area contributed by atoms with Gasteiger partial charge in [-0.25, -0.2) is 4.39 Å². The Balaban J connectivity index is 1.15. The Labute approximate surface area is 192 Å². The van der Waals surface area contributed by atoms with Crippen molar-refractivity contribution < 1.29 is 37.0 Å². The number of nitrogens with one attached hydrogen (secondary N) is 2. The van der Waals surface area contributed by atoms with Gasteiger partial charge in [0.05, 0.1) is 5.02 Å². The highest BCUT2D eigenvalue weighted by molar-refractivity contribution is 6.30. The monoisotopic (exact) mass is 484 g/mol. The van der Waals surface area contributed by atoms with Gasteiger partial charge in [0, 0.05) is 17.1 Å². The number of benzene rings is 2. The number of hydrogen-bond donors (Lipinski definition) is 2. The van der Waals surface area contributed by atoms with E-state index in [4.69, 9.17) is 21.1 Å². The molecule has 3 saturated carbocycles. The van der Waals surface area contributed by atoms with Crippen LogP contribution in [0.15, 0.2) is 42.5 Å². The smallest absolute Gasteiger partial charge is 0.387 e. The van der Waals surface area contributed by atoms with E-state index < -0.39 is 12.4 Å². The molecule has 5 rings (SSSR count). The molecule has 0 unspecified atom stereocenters. The van der Waals surface area contributed by atoms with Gasteiger partial charge < -0.3 is 24.8 Å². The van der Waals surface area contributed by atoms with E-state index in [1.807, 2.05) is 0 Å². The van der Waals surface area contributed by atoms with Crippen molar-refractivity contribution in [3.8, 4) is 17.2 Å². The molecule has 2 aromatic rings. The molecule has 3 aliphatic rings. The molecule has 11 heteroatoms. The van der Waals surface area contributed by atoms with E-state index in [0.717, 1.165) is 6.07 Å². The zero-order valence-electron chi connectivity index (χ0n) is 17.2. The van der Waals surface area contributed by atoms with Crippen molar-refractivity contribution in [2.75, 3.05) is 13.2 Å². The molecule has 0 atom stereocenters. The minimum atomic E-state index is -2.91.